The Labute approximate surface area is 379 Å². The summed E-state index contributed by atoms with van der Waals surface area (Å²) in [7, 11) is 0. The summed E-state index contributed by atoms with van der Waals surface area (Å²) in [5.41, 5.74) is 12.8. The number of rotatable bonds is 21. The van der Waals surface area contributed by atoms with E-state index in [0.29, 0.717) is 37.1 Å². The van der Waals surface area contributed by atoms with Crippen LogP contribution in [0.3, 0.4) is 0 Å². The maximum Gasteiger partial charge on any atom is 0.305 e. The van der Waals surface area contributed by atoms with E-state index in [2.05, 4.69) is 42.2 Å². The van der Waals surface area contributed by atoms with Crippen molar-refractivity contribution in [2.24, 2.45) is 16.5 Å². The van der Waals surface area contributed by atoms with Crippen molar-refractivity contribution in [1.29, 1.82) is 0 Å². The second kappa shape index (κ2) is 26.4. The molecule has 4 atom stereocenters. The minimum atomic E-state index is -1.63. The molecule has 0 radical (unpaired) electrons. The van der Waals surface area contributed by atoms with Crippen LogP contribution in [0.2, 0.25) is 0 Å². The van der Waals surface area contributed by atoms with Crippen LogP contribution >= 0.6 is 0 Å². The van der Waals surface area contributed by atoms with E-state index in [4.69, 9.17) is 16.2 Å². The highest BCUT2D eigenvalue weighted by molar-refractivity contribution is 6.00. The molecule has 0 spiro atoms. The van der Waals surface area contributed by atoms with Crippen molar-refractivity contribution >= 4 is 70.8 Å². The third-order valence-corrected chi connectivity index (χ3v) is 10.3. The number of amides is 9. The molecule has 9 amide bonds. The number of nitrogens with two attached hydrogens (primary N) is 2. The summed E-state index contributed by atoms with van der Waals surface area (Å²) in [6.45, 7) is -0.858. The van der Waals surface area contributed by atoms with Gasteiger partial charge in [0.1, 0.15) is 37.4 Å². The Morgan fingerprint density at radius 3 is 2.03 bits per heavy atom. The van der Waals surface area contributed by atoms with Gasteiger partial charge in [-0.3, -0.25) is 57.8 Å². The van der Waals surface area contributed by atoms with Gasteiger partial charge in [0.2, 0.25) is 53.2 Å². The molecular weight excluding hydrogens is 863 g/mol. The molecule has 23 heteroatoms. The number of guanidine groups is 1. The standard InChI is InChI=1S/C43H57N11O12/c44-43(45)47-19-6-10-29-39(62)48-23-33(55)50-32(22-38(60)61)42(65)53-31(21-27-7-2-1-3-8-27)41(64)52-30(40(63)51-29)9-4-5-18-46-34(56)24-66-25-35(57)49-28-14-11-26(12-15-28)13-16-36(58)54-20-17-37(54)59/h1-3,7-8,11-12,14-15,29-32H,4-6,9-10,13,16-25H2,(H,46,56)(H,48,62)(H,49,57)(H,50,55)(H,51,63)(H,52,64)(H,53,65)(H,60,61)(H4,44,45,47)/t29-,30-,31+,32-/m0/s1. The number of carbonyl (C=O) groups excluding carboxylic acids is 9. The average molecular weight is 920 g/mol. The number of imide groups is 1. The molecule has 2 aromatic carbocycles. The van der Waals surface area contributed by atoms with Crippen molar-refractivity contribution < 1.29 is 57.8 Å². The van der Waals surface area contributed by atoms with E-state index in [1.54, 1.807) is 54.6 Å². The van der Waals surface area contributed by atoms with Gasteiger partial charge in [0.25, 0.3) is 0 Å². The highest BCUT2D eigenvalue weighted by atomic mass is 16.5. The Morgan fingerprint density at radius 2 is 1.38 bits per heavy atom. The topological polar surface area (TPSA) is 352 Å². The number of nitrogens with zero attached hydrogens (tertiary/aromatic N) is 2. The Bertz CT molecular complexity index is 2100. The summed E-state index contributed by atoms with van der Waals surface area (Å²) in [5, 5.41) is 27.3. The molecular formula is C43H57N11O12. The van der Waals surface area contributed by atoms with Crippen LogP contribution < -0.4 is 48.7 Å². The predicted octanol–water partition coefficient (Wildman–Crippen LogP) is -2.54. The lowest BCUT2D eigenvalue weighted by atomic mass is 10.0. The van der Waals surface area contributed by atoms with E-state index in [0.717, 1.165) is 5.56 Å². The third kappa shape index (κ3) is 18.0. The fourth-order valence-corrected chi connectivity index (χ4v) is 6.74. The number of hydrogen-bond donors (Lipinski definition) is 10. The van der Waals surface area contributed by atoms with Crippen molar-refractivity contribution in [2.45, 2.75) is 88.4 Å². The van der Waals surface area contributed by atoms with Crippen LogP contribution in [0.1, 0.15) is 62.5 Å². The first-order valence-corrected chi connectivity index (χ1v) is 21.4. The number of benzene rings is 2. The van der Waals surface area contributed by atoms with Crippen LogP contribution in [0.5, 0.6) is 0 Å². The number of carbonyl (C=O) groups is 10. The summed E-state index contributed by atoms with van der Waals surface area (Å²) in [6, 6.07) is 9.89. The van der Waals surface area contributed by atoms with E-state index < -0.39 is 97.7 Å². The van der Waals surface area contributed by atoms with Gasteiger partial charge in [-0.15, -0.1) is 0 Å². The van der Waals surface area contributed by atoms with Crippen LogP contribution in [0.4, 0.5) is 5.69 Å². The molecule has 2 aliphatic heterocycles. The van der Waals surface area contributed by atoms with Crippen molar-refractivity contribution in [2.75, 3.05) is 44.7 Å². The summed E-state index contributed by atoms with van der Waals surface area (Å²) in [5.74, 6) is -7.29. The SMILES string of the molecule is NC(N)=NCCC[C@@H]1NC(=O)[C@H](CCCCNC(=O)COCC(=O)Nc2ccc(CCC(=O)N3CCC3=O)cc2)NC(=O)[C@@H](Cc2ccccc2)NC(=O)[C@H](CC(=O)O)NC(=O)CNC1=O. The van der Waals surface area contributed by atoms with Gasteiger partial charge >= 0.3 is 5.97 Å². The molecule has 12 N–H and O–H groups in total. The molecule has 2 aliphatic rings. The van der Waals surface area contributed by atoms with Crippen molar-refractivity contribution in [1.82, 2.24) is 36.8 Å². The van der Waals surface area contributed by atoms with E-state index >= 15 is 0 Å². The quantitative estimate of drug-likeness (QED) is 0.0267. The van der Waals surface area contributed by atoms with Crippen LogP contribution in [-0.2, 0) is 65.5 Å². The maximum atomic E-state index is 13.9. The summed E-state index contributed by atoms with van der Waals surface area (Å²) >= 11 is 0. The van der Waals surface area contributed by atoms with E-state index in [1.807, 2.05) is 0 Å². The minimum Gasteiger partial charge on any atom is -0.481 e. The number of likely N-dealkylation sites (tertiary alicyclic amines) is 1. The van der Waals surface area contributed by atoms with Crippen molar-refractivity contribution in [3.05, 3.63) is 65.7 Å². The normalized spacial score (nSPS) is 19.2. The van der Waals surface area contributed by atoms with Crippen LogP contribution in [0.25, 0.3) is 0 Å². The first kappa shape index (κ1) is 51.2. The Balaban J connectivity index is 1.33. The minimum absolute atomic E-state index is 0.00114. The molecule has 356 valence electrons. The van der Waals surface area contributed by atoms with Crippen LogP contribution in [0, 0.1) is 0 Å². The first-order chi connectivity index (χ1) is 31.6. The summed E-state index contributed by atoms with van der Waals surface area (Å²) in [6.07, 6.45) is 0.881. The number of carboxylic acids is 1. The fourth-order valence-electron chi connectivity index (χ4n) is 6.74. The molecule has 0 bridgehead atoms. The zero-order chi connectivity index (χ0) is 48.0. The molecule has 23 nitrogen and oxygen atoms in total. The van der Waals surface area contributed by atoms with Gasteiger partial charge in [-0.05, 0) is 61.8 Å². The van der Waals surface area contributed by atoms with Gasteiger partial charge in [0.05, 0.1) is 13.0 Å². The zero-order valence-corrected chi connectivity index (χ0v) is 36.3. The largest absolute Gasteiger partial charge is 0.481 e. The van der Waals surface area contributed by atoms with E-state index in [-0.39, 0.29) is 69.4 Å². The molecule has 0 aliphatic carbocycles. The Morgan fingerprint density at radius 1 is 0.742 bits per heavy atom. The second-order valence-corrected chi connectivity index (χ2v) is 15.5. The van der Waals surface area contributed by atoms with Crippen LogP contribution in [0.15, 0.2) is 59.6 Å². The number of aliphatic carboxylic acids is 1. The van der Waals surface area contributed by atoms with Gasteiger partial charge in [-0.1, -0.05) is 42.5 Å². The summed E-state index contributed by atoms with van der Waals surface area (Å²) < 4.78 is 5.26. The third-order valence-electron chi connectivity index (χ3n) is 10.3. The molecule has 0 unspecified atom stereocenters. The molecule has 2 heterocycles. The molecule has 2 saturated heterocycles. The molecule has 0 saturated carbocycles. The van der Waals surface area contributed by atoms with Gasteiger partial charge in [-0.2, -0.15) is 0 Å². The monoisotopic (exact) mass is 919 g/mol. The number of hydrogen-bond acceptors (Lipinski definition) is 12. The smallest absolute Gasteiger partial charge is 0.305 e. The molecule has 4 rings (SSSR count). The molecule has 0 aromatic heterocycles. The number of anilines is 1. The Kier molecular flexibility index (Phi) is 20.5. The molecule has 66 heavy (non-hydrogen) atoms. The highest BCUT2D eigenvalue weighted by Crippen LogP contribution is 2.15. The van der Waals surface area contributed by atoms with Gasteiger partial charge in [0, 0.05) is 44.6 Å². The Hall–Kier alpha value is -7.43. The number of β-lactam (4-membered cyclic amide) rings is 1. The summed E-state index contributed by atoms with van der Waals surface area (Å²) in [4.78, 5) is 133. The number of carboxylic acid groups (broad SMARTS) is 1. The second-order valence-electron chi connectivity index (χ2n) is 15.5. The fraction of sp³-hybridized carbons (Fsp3) is 0.465. The number of aliphatic imine (C=N–C) groups is 1. The number of nitrogens with one attached hydrogen (secondary N) is 7. The average Bonchev–Trinajstić information content (AvgIpc) is 3.27. The van der Waals surface area contributed by atoms with Crippen molar-refractivity contribution in [3.63, 3.8) is 0 Å². The van der Waals surface area contributed by atoms with E-state index in [9.17, 15) is 53.1 Å². The van der Waals surface area contributed by atoms with Crippen LogP contribution in [-0.4, -0.2) is 139 Å². The number of ether oxygens (including phenoxy) is 1. The number of aryl methyl sites for hydroxylation is 1. The van der Waals surface area contributed by atoms with Gasteiger partial charge < -0.3 is 58.5 Å². The van der Waals surface area contributed by atoms with Gasteiger partial charge in [-0.25, -0.2) is 0 Å². The molecule has 2 fully saturated rings. The maximum absolute atomic E-state index is 13.9. The lowest BCUT2D eigenvalue weighted by molar-refractivity contribution is -0.152. The number of unbranched alkanes of at least 4 members (excludes halogenated alkanes) is 1. The van der Waals surface area contributed by atoms with Gasteiger partial charge in [0.15, 0.2) is 5.96 Å². The van der Waals surface area contributed by atoms with Crippen molar-refractivity contribution in [3.8, 4) is 0 Å². The molecule has 2 aromatic rings. The first-order valence-electron chi connectivity index (χ1n) is 21.4. The lowest BCUT2D eigenvalue weighted by Gasteiger charge is -2.28. The van der Waals surface area contributed by atoms with E-state index in [1.165, 1.54) is 4.90 Å². The lowest BCUT2D eigenvalue weighted by Crippen LogP contribution is -2.58. The predicted molar refractivity (Wildman–Crippen MR) is 235 cm³/mol. The highest BCUT2D eigenvalue weighted by Gasteiger charge is 2.33. The zero-order valence-electron chi connectivity index (χ0n) is 36.3.